The molecule has 5 rings (SSSR count). The molecule has 0 aliphatic carbocycles. The second-order valence-corrected chi connectivity index (χ2v) is 8.97. The summed E-state index contributed by atoms with van der Waals surface area (Å²) in [5, 5.41) is 0.260. The van der Waals surface area contributed by atoms with Gasteiger partial charge in [-0.15, -0.1) is 0 Å². The zero-order valence-corrected chi connectivity index (χ0v) is 20.6. The maximum Gasteiger partial charge on any atom is 0.408 e. The van der Waals surface area contributed by atoms with Crippen LogP contribution in [0.1, 0.15) is 18.9 Å². The van der Waals surface area contributed by atoms with Crippen LogP contribution in [0.4, 0.5) is 24.9 Å². The number of pyridine rings is 1. The number of aromatic amines is 1. The van der Waals surface area contributed by atoms with Gasteiger partial charge in [0.2, 0.25) is 5.95 Å². The number of nitrogens with zero attached hydrogens (tertiary/aromatic N) is 6. The number of nitrogens with one attached hydrogen (secondary N) is 1. The summed E-state index contributed by atoms with van der Waals surface area (Å²) in [4.78, 5) is 40.3. The van der Waals surface area contributed by atoms with E-state index in [4.69, 9.17) is 16.3 Å². The predicted molar refractivity (Wildman–Crippen MR) is 131 cm³/mol. The monoisotopic (exact) mass is 539 g/mol. The van der Waals surface area contributed by atoms with E-state index >= 15 is 0 Å². The maximum absolute atomic E-state index is 13.9. The summed E-state index contributed by atoms with van der Waals surface area (Å²) >= 11 is 6.15. The smallest absolute Gasteiger partial charge is 0.377 e. The average molecular weight is 540 g/mol. The fourth-order valence-electron chi connectivity index (χ4n) is 4.21. The van der Waals surface area contributed by atoms with Crippen molar-refractivity contribution in [3.05, 3.63) is 74.4 Å². The Balaban J connectivity index is 0.000000396. The molecule has 1 saturated heterocycles. The van der Waals surface area contributed by atoms with Crippen molar-refractivity contribution in [3.63, 3.8) is 0 Å². The van der Waals surface area contributed by atoms with Crippen LogP contribution in [0, 0.1) is 0 Å². The molecule has 37 heavy (non-hydrogen) atoms. The first kappa shape index (κ1) is 26.6. The minimum atomic E-state index is -4.48. The summed E-state index contributed by atoms with van der Waals surface area (Å²) in [5.74, 6) is 0.355. The summed E-state index contributed by atoms with van der Waals surface area (Å²) in [7, 11) is 0. The van der Waals surface area contributed by atoms with Crippen LogP contribution < -0.4 is 20.9 Å². The van der Waals surface area contributed by atoms with Gasteiger partial charge in [-0.05, 0) is 25.0 Å². The highest BCUT2D eigenvalue weighted by atomic mass is 35.5. The van der Waals surface area contributed by atoms with Gasteiger partial charge in [0.15, 0.2) is 0 Å². The van der Waals surface area contributed by atoms with Crippen molar-refractivity contribution in [1.82, 2.24) is 24.5 Å². The van der Waals surface area contributed by atoms with Crippen molar-refractivity contribution >= 4 is 23.4 Å². The molecule has 0 aromatic carbocycles. The van der Waals surface area contributed by atoms with E-state index < -0.39 is 12.2 Å². The zero-order chi connectivity index (χ0) is 26.6. The number of aromatic nitrogens is 5. The van der Waals surface area contributed by atoms with Crippen molar-refractivity contribution in [2.75, 3.05) is 29.6 Å². The number of hydrogen-bond donors (Lipinski definition) is 1. The molecule has 1 N–H and O–H groups in total. The fraction of sp³-hybridized carbons (Fsp3) is 0.435. The molecule has 0 radical (unpaired) electrons. The van der Waals surface area contributed by atoms with E-state index in [9.17, 15) is 22.8 Å². The highest BCUT2D eigenvalue weighted by Crippen LogP contribution is 2.36. The lowest BCUT2D eigenvalue weighted by Gasteiger charge is -2.40. The number of anilines is 2. The molecule has 3 aromatic rings. The van der Waals surface area contributed by atoms with Crippen LogP contribution in [-0.4, -0.2) is 62.5 Å². The minimum absolute atomic E-state index is 0.00218. The summed E-state index contributed by atoms with van der Waals surface area (Å²) in [6, 6.07) is 2.50. The van der Waals surface area contributed by atoms with Gasteiger partial charge in [0, 0.05) is 50.4 Å². The van der Waals surface area contributed by atoms with Gasteiger partial charge in [-0.25, -0.2) is 4.98 Å². The van der Waals surface area contributed by atoms with Gasteiger partial charge in [0.05, 0.1) is 30.6 Å². The Morgan fingerprint density at radius 3 is 2.59 bits per heavy atom. The number of alkyl halides is 3. The van der Waals surface area contributed by atoms with E-state index in [2.05, 4.69) is 19.9 Å². The van der Waals surface area contributed by atoms with Crippen LogP contribution in [0.5, 0.6) is 0 Å². The molecular weight excluding hydrogens is 515 g/mol. The van der Waals surface area contributed by atoms with Gasteiger partial charge in [-0.3, -0.25) is 19.1 Å². The van der Waals surface area contributed by atoms with Crippen molar-refractivity contribution in [1.29, 1.82) is 0 Å². The molecule has 2 aliphatic heterocycles. The van der Waals surface area contributed by atoms with Crippen LogP contribution >= 0.6 is 11.6 Å². The van der Waals surface area contributed by atoms with Gasteiger partial charge in [-0.1, -0.05) is 11.6 Å². The number of hydrogen-bond acceptors (Lipinski definition) is 8. The minimum Gasteiger partial charge on any atom is -0.377 e. The van der Waals surface area contributed by atoms with Gasteiger partial charge in [-0.2, -0.15) is 18.2 Å². The molecule has 5 heterocycles. The Bertz CT molecular complexity index is 1320. The third-order valence-electron chi connectivity index (χ3n) is 6.06. The van der Waals surface area contributed by atoms with Gasteiger partial charge in [0.25, 0.3) is 11.1 Å². The van der Waals surface area contributed by atoms with Crippen molar-refractivity contribution in [3.8, 4) is 0 Å². The van der Waals surface area contributed by atoms with E-state index in [0.29, 0.717) is 31.1 Å². The van der Waals surface area contributed by atoms with E-state index in [1.165, 1.54) is 41.6 Å². The van der Waals surface area contributed by atoms with E-state index in [1.54, 1.807) is 6.07 Å². The molecule has 0 bridgehead atoms. The average Bonchev–Trinajstić information content (AvgIpc) is 2.86. The van der Waals surface area contributed by atoms with Gasteiger partial charge >= 0.3 is 6.18 Å². The lowest BCUT2D eigenvalue weighted by molar-refractivity contribution is -0.153. The topological polar surface area (TPSA) is 109 Å². The molecule has 0 amide bonds. The Labute approximate surface area is 214 Å². The first-order chi connectivity index (χ1) is 17.6. The quantitative estimate of drug-likeness (QED) is 0.541. The lowest BCUT2D eigenvalue weighted by Crippen LogP contribution is -2.52. The molecule has 10 nitrogen and oxygen atoms in total. The zero-order valence-electron chi connectivity index (χ0n) is 19.9. The van der Waals surface area contributed by atoms with Gasteiger partial charge < -0.3 is 19.5 Å². The molecule has 0 saturated carbocycles. The molecule has 198 valence electrons. The maximum atomic E-state index is 13.9. The first-order valence-electron chi connectivity index (χ1n) is 11.5. The van der Waals surface area contributed by atoms with Crippen molar-refractivity contribution < 1.29 is 17.9 Å². The Morgan fingerprint density at radius 1 is 1.19 bits per heavy atom. The number of H-pyrrole nitrogens is 1. The van der Waals surface area contributed by atoms with Crippen molar-refractivity contribution in [2.45, 2.75) is 44.7 Å². The molecule has 0 spiro atoms. The lowest BCUT2D eigenvalue weighted by atomic mass is 10.1. The largest absolute Gasteiger partial charge is 0.408 e. The second-order valence-electron chi connectivity index (χ2n) is 8.57. The molecule has 1 fully saturated rings. The van der Waals surface area contributed by atoms with Crippen LogP contribution in [-0.2, 0) is 17.8 Å². The summed E-state index contributed by atoms with van der Waals surface area (Å²) < 4.78 is 48.3. The van der Waals surface area contributed by atoms with Crippen LogP contribution in [0.2, 0.25) is 5.02 Å². The molecule has 14 heteroatoms. The first-order valence-corrected chi connectivity index (χ1v) is 11.9. The molecule has 2 aliphatic rings. The third kappa shape index (κ3) is 6.28. The summed E-state index contributed by atoms with van der Waals surface area (Å²) in [6.45, 7) is 3.17. The van der Waals surface area contributed by atoms with Gasteiger partial charge in [0.1, 0.15) is 11.9 Å². The number of ether oxygens (including phenoxy) is 1. The van der Waals surface area contributed by atoms with Crippen LogP contribution in [0.3, 0.4) is 0 Å². The van der Waals surface area contributed by atoms with E-state index in [1.807, 2.05) is 11.8 Å². The summed E-state index contributed by atoms with van der Waals surface area (Å²) in [5.41, 5.74) is -0.0103. The number of halogens is 4. The molecule has 3 aromatic heterocycles. The number of fused-ring (bicyclic) bond motifs is 1. The molecule has 0 unspecified atom stereocenters. The fourth-order valence-corrected chi connectivity index (χ4v) is 4.39. The standard InChI is InChI=1S/C19H21ClF3N5O2.C4H4N2O/c1-12-11-30-7-6-26(12)16-8-17(29)27-5-3-15(19(21,22)23)28(18(27)25-16)10-13-2-4-24-9-14(13)20;7-4-1-2-5-3-6-4/h2,4,8-9,12,15H,3,5-7,10-11H2,1H3;1-3H,(H,5,6,7)/t12-,15+;/m1./s1. The van der Waals surface area contributed by atoms with E-state index in [-0.39, 0.29) is 47.6 Å². The predicted octanol–water partition coefficient (Wildman–Crippen LogP) is 2.63. The molecule has 2 atom stereocenters. The Hall–Kier alpha value is -3.45. The van der Waals surface area contributed by atoms with Crippen LogP contribution in [0.15, 0.2) is 52.7 Å². The highest BCUT2D eigenvalue weighted by molar-refractivity contribution is 6.31. The van der Waals surface area contributed by atoms with E-state index in [0.717, 1.165) is 4.90 Å². The number of morpholine rings is 1. The Kier molecular flexibility index (Phi) is 8.13. The Morgan fingerprint density at radius 2 is 1.97 bits per heavy atom. The summed E-state index contributed by atoms with van der Waals surface area (Å²) in [6.07, 6.45) is 0.926. The van der Waals surface area contributed by atoms with Crippen LogP contribution in [0.25, 0.3) is 0 Å². The second kappa shape index (κ2) is 11.3. The normalized spacial score (nSPS) is 19.6. The highest BCUT2D eigenvalue weighted by Gasteiger charge is 2.47. The third-order valence-corrected chi connectivity index (χ3v) is 6.40. The van der Waals surface area contributed by atoms with Crippen molar-refractivity contribution in [2.24, 2.45) is 0 Å². The molecular formula is C23H25ClF3N7O3. The number of rotatable bonds is 3. The SMILES string of the molecule is C[C@@H]1COCCN1c1cc(=O)n2c(n1)N(Cc1ccncc1Cl)[C@H](C(F)(F)F)CC2.O=c1ccnc[nH]1.